The molecule has 2 aromatic rings. The fourth-order valence-electron chi connectivity index (χ4n) is 1.73. The molecule has 0 unspecified atom stereocenters. The van der Waals surface area contributed by atoms with Crippen molar-refractivity contribution in [3.8, 4) is 0 Å². The first kappa shape index (κ1) is 14.9. The smallest absolute Gasteiger partial charge is 0.327 e. The maximum atomic E-state index is 11.9. The first-order chi connectivity index (χ1) is 9.58. The SMILES string of the molecule is N[C@@H](C(=O)OCc1cccc(Cl)c1)c1ccccc1Cl. The van der Waals surface area contributed by atoms with E-state index in [0.29, 0.717) is 15.6 Å². The highest BCUT2D eigenvalue weighted by Gasteiger charge is 2.19. The molecule has 0 radical (unpaired) electrons. The lowest BCUT2D eigenvalue weighted by Gasteiger charge is -2.13. The number of benzene rings is 2. The van der Waals surface area contributed by atoms with Crippen molar-refractivity contribution in [1.29, 1.82) is 0 Å². The number of hydrogen-bond acceptors (Lipinski definition) is 3. The number of halogens is 2. The van der Waals surface area contributed by atoms with Crippen LogP contribution >= 0.6 is 23.2 Å². The van der Waals surface area contributed by atoms with Crippen LogP contribution < -0.4 is 5.73 Å². The molecule has 0 aliphatic rings. The monoisotopic (exact) mass is 309 g/mol. The van der Waals surface area contributed by atoms with Crippen LogP contribution in [0.1, 0.15) is 17.2 Å². The Morgan fingerprint density at radius 1 is 1.15 bits per heavy atom. The molecule has 0 fully saturated rings. The van der Waals surface area contributed by atoms with Crippen LogP contribution in [0, 0.1) is 0 Å². The Morgan fingerprint density at radius 2 is 1.90 bits per heavy atom. The van der Waals surface area contributed by atoms with Gasteiger partial charge in [0.1, 0.15) is 12.6 Å². The van der Waals surface area contributed by atoms with Crippen LogP contribution in [0.25, 0.3) is 0 Å². The van der Waals surface area contributed by atoms with Crippen LogP contribution in [0.3, 0.4) is 0 Å². The van der Waals surface area contributed by atoms with Crippen molar-refractivity contribution in [3.05, 3.63) is 69.7 Å². The molecule has 20 heavy (non-hydrogen) atoms. The molecule has 0 amide bonds. The Kier molecular flexibility index (Phi) is 5.01. The van der Waals surface area contributed by atoms with Crippen LogP contribution in [-0.4, -0.2) is 5.97 Å². The van der Waals surface area contributed by atoms with Gasteiger partial charge in [0.25, 0.3) is 0 Å². The van der Waals surface area contributed by atoms with Crippen molar-refractivity contribution in [1.82, 2.24) is 0 Å². The summed E-state index contributed by atoms with van der Waals surface area (Å²) in [5, 5.41) is 1.04. The average molecular weight is 310 g/mol. The Bertz CT molecular complexity index is 616. The maximum absolute atomic E-state index is 11.9. The molecule has 2 rings (SSSR count). The van der Waals surface area contributed by atoms with Gasteiger partial charge in [-0.1, -0.05) is 53.5 Å². The first-order valence-electron chi connectivity index (χ1n) is 5.99. The van der Waals surface area contributed by atoms with Gasteiger partial charge in [-0.15, -0.1) is 0 Å². The summed E-state index contributed by atoms with van der Waals surface area (Å²) in [6.07, 6.45) is 0. The van der Waals surface area contributed by atoms with Crippen molar-refractivity contribution < 1.29 is 9.53 Å². The van der Waals surface area contributed by atoms with Crippen LogP contribution in [0.5, 0.6) is 0 Å². The Balaban J connectivity index is 2.00. The van der Waals surface area contributed by atoms with Gasteiger partial charge in [-0.3, -0.25) is 0 Å². The van der Waals surface area contributed by atoms with Crippen LogP contribution in [-0.2, 0) is 16.1 Å². The summed E-state index contributed by atoms with van der Waals surface area (Å²) in [4.78, 5) is 11.9. The Labute approximate surface area is 127 Å². The van der Waals surface area contributed by atoms with Crippen LogP contribution in [0.15, 0.2) is 48.5 Å². The molecule has 104 valence electrons. The molecule has 1 atom stereocenters. The van der Waals surface area contributed by atoms with Gasteiger partial charge in [0.2, 0.25) is 0 Å². The third-order valence-electron chi connectivity index (χ3n) is 2.76. The van der Waals surface area contributed by atoms with E-state index in [1.54, 1.807) is 42.5 Å². The van der Waals surface area contributed by atoms with E-state index in [-0.39, 0.29) is 6.61 Å². The molecular formula is C15H13Cl2NO2. The van der Waals surface area contributed by atoms with Crippen molar-refractivity contribution in [2.24, 2.45) is 5.73 Å². The number of esters is 1. The Morgan fingerprint density at radius 3 is 2.60 bits per heavy atom. The molecule has 0 heterocycles. The summed E-state index contributed by atoms with van der Waals surface area (Å²) in [6, 6.07) is 13.1. The largest absolute Gasteiger partial charge is 0.459 e. The molecule has 0 aromatic heterocycles. The van der Waals surface area contributed by atoms with E-state index in [1.807, 2.05) is 6.07 Å². The zero-order valence-corrected chi connectivity index (χ0v) is 12.1. The second-order valence-corrected chi connectivity index (χ2v) is 5.08. The minimum Gasteiger partial charge on any atom is -0.459 e. The second-order valence-electron chi connectivity index (χ2n) is 4.24. The summed E-state index contributed by atoms with van der Waals surface area (Å²) in [5.74, 6) is -0.530. The second kappa shape index (κ2) is 6.75. The lowest BCUT2D eigenvalue weighted by atomic mass is 10.1. The molecular weight excluding hydrogens is 297 g/mol. The van der Waals surface area contributed by atoms with Gasteiger partial charge in [0.05, 0.1) is 0 Å². The quantitative estimate of drug-likeness (QED) is 0.875. The van der Waals surface area contributed by atoms with Gasteiger partial charge < -0.3 is 10.5 Å². The number of nitrogens with two attached hydrogens (primary N) is 1. The molecule has 0 aliphatic heterocycles. The van der Waals surface area contributed by atoms with E-state index in [4.69, 9.17) is 33.7 Å². The zero-order valence-electron chi connectivity index (χ0n) is 10.6. The highest BCUT2D eigenvalue weighted by Crippen LogP contribution is 2.22. The van der Waals surface area contributed by atoms with Crippen molar-refractivity contribution >= 4 is 29.2 Å². The molecule has 3 nitrogen and oxygen atoms in total. The average Bonchev–Trinajstić information content (AvgIpc) is 2.44. The standard InChI is InChI=1S/C15H13Cl2NO2/c16-11-5-3-4-10(8-11)9-20-15(19)14(18)12-6-1-2-7-13(12)17/h1-8,14H,9,18H2/t14-/m1/s1. The highest BCUT2D eigenvalue weighted by atomic mass is 35.5. The molecule has 0 saturated carbocycles. The van der Waals surface area contributed by atoms with Gasteiger partial charge in [-0.2, -0.15) is 0 Å². The fourth-order valence-corrected chi connectivity index (χ4v) is 2.19. The highest BCUT2D eigenvalue weighted by molar-refractivity contribution is 6.31. The van der Waals surface area contributed by atoms with Gasteiger partial charge in [-0.25, -0.2) is 4.79 Å². The van der Waals surface area contributed by atoms with Crippen LogP contribution in [0.2, 0.25) is 10.0 Å². The minimum absolute atomic E-state index is 0.123. The zero-order chi connectivity index (χ0) is 14.5. The van der Waals surface area contributed by atoms with E-state index in [1.165, 1.54) is 0 Å². The predicted octanol–water partition coefficient (Wildman–Crippen LogP) is 3.74. The third-order valence-corrected chi connectivity index (χ3v) is 3.34. The lowest BCUT2D eigenvalue weighted by Crippen LogP contribution is -2.24. The maximum Gasteiger partial charge on any atom is 0.327 e. The fraction of sp³-hybridized carbons (Fsp3) is 0.133. The molecule has 5 heteroatoms. The summed E-state index contributed by atoms with van der Waals surface area (Å²) >= 11 is 11.9. The van der Waals surface area contributed by atoms with Gasteiger partial charge in [-0.05, 0) is 29.3 Å². The molecule has 2 aromatic carbocycles. The van der Waals surface area contributed by atoms with Gasteiger partial charge in [0.15, 0.2) is 0 Å². The number of ether oxygens (including phenoxy) is 1. The van der Waals surface area contributed by atoms with Crippen molar-refractivity contribution in [3.63, 3.8) is 0 Å². The van der Waals surface area contributed by atoms with E-state index in [9.17, 15) is 4.79 Å². The molecule has 0 spiro atoms. The molecule has 0 bridgehead atoms. The number of carbonyl (C=O) groups is 1. The number of rotatable bonds is 4. The summed E-state index contributed by atoms with van der Waals surface area (Å²) in [6.45, 7) is 0.123. The van der Waals surface area contributed by atoms with E-state index in [2.05, 4.69) is 0 Å². The Hall–Kier alpha value is -1.55. The van der Waals surface area contributed by atoms with Gasteiger partial charge >= 0.3 is 5.97 Å². The van der Waals surface area contributed by atoms with Gasteiger partial charge in [0, 0.05) is 10.0 Å². The number of carbonyl (C=O) groups excluding carboxylic acids is 1. The summed E-state index contributed by atoms with van der Waals surface area (Å²) < 4.78 is 5.17. The van der Waals surface area contributed by atoms with Crippen molar-refractivity contribution in [2.75, 3.05) is 0 Å². The summed E-state index contributed by atoms with van der Waals surface area (Å²) in [5.41, 5.74) is 7.20. The minimum atomic E-state index is -0.900. The lowest BCUT2D eigenvalue weighted by molar-refractivity contribution is -0.146. The molecule has 0 saturated heterocycles. The van der Waals surface area contributed by atoms with E-state index in [0.717, 1.165) is 5.56 Å². The number of hydrogen-bond donors (Lipinski definition) is 1. The topological polar surface area (TPSA) is 52.3 Å². The third kappa shape index (κ3) is 3.73. The predicted molar refractivity (Wildman–Crippen MR) is 79.6 cm³/mol. The van der Waals surface area contributed by atoms with Crippen molar-refractivity contribution in [2.45, 2.75) is 12.6 Å². The molecule has 0 aliphatic carbocycles. The summed E-state index contributed by atoms with van der Waals surface area (Å²) in [7, 11) is 0. The van der Waals surface area contributed by atoms with Crippen LogP contribution in [0.4, 0.5) is 0 Å². The molecule has 2 N–H and O–H groups in total. The van der Waals surface area contributed by atoms with E-state index >= 15 is 0 Å². The van der Waals surface area contributed by atoms with E-state index < -0.39 is 12.0 Å². The first-order valence-corrected chi connectivity index (χ1v) is 6.74. The normalized spacial score (nSPS) is 11.9.